The molecule has 0 saturated heterocycles. The van der Waals surface area contributed by atoms with Crippen LogP contribution in [-0.2, 0) is 19.0 Å². The van der Waals surface area contributed by atoms with Gasteiger partial charge < -0.3 is 5.32 Å². The van der Waals surface area contributed by atoms with Gasteiger partial charge in [0.25, 0.3) is 5.91 Å². The lowest BCUT2D eigenvalue weighted by molar-refractivity contribution is 0.0977. The molecule has 2 aromatic carbocycles. The summed E-state index contributed by atoms with van der Waals surface area (Å²) in [5.41, 5.74) is 8.06. The van der Waals surface area contributed by atoms with E-state index >= 15 is 0 Å². The van der Waals surface area contributed by atoms with Crippen LogP contribution in [0.2, 0.25) is 0 Å². The number of anilines is 1. The van der Waals surface area contributed by atoms with Crippen LogP contribution in [-0.4, -0.2) is 21.6 Å². The molecule has 3 rings (SSSR count). The highest BCUT2D eigenvalue weighted by Gasteiger charge is 2.16. The number of aliphatic imine (C=N–C) groups is 1. The molecular formula is C27H35N5O. The quantitative estimate of drug-likeness (QED) is 0.420. The van der Waals surface area contributed by atoms with Gasteiger partial charge in [-0.25, -0.2) is 4.99 Å². The number of nitrogens with one attached hydrogen (secondary N) is 2. The normalized spacial score (nSPS) is 12.1. The second-order valence-corrected chi connectivity index (χ2v) is 9.59. The van der Waals surface area contributed by atoms with Crippen LogP contribution in [0.15, 0.2) is 47.5 Å². The first-order valence-electron chi connectivity index (χ1n) is 11.3. The molecule has 0 bridgehead atoms. The van der Waals surface area contributed by atoms with Crippen molar-refractivity contribution in [1.82, 2.24) is 15.1 Å². The topological polar surface area (TPSA) is 71.3 Å². The third kappa shape index (κ3) is 5.69. The van der Waals surface area contributed by atoms with E-state index in [1.54, 1.807) is 0 Å². The summed E-state index contributed by atoms with van der Waals surface area (Å²) >= 11 is 0. The summed E-state index contributed by atoms with van der Waals surface area (Å²) in [5.74, 6) is 0.211. The minimum absolute atomic E-state index is 0.0331. The Morgan fingerprint density at radius 3 is 2.27 bits per heavy atom. The highest BCUT2D eigenvalue weighted by Crippen LogP contribution is 2.22. The van der Waals surface area contributed by atoms with Crippen LogP contribution in [0, 0.1) is 27.7 Å². The second kappa shape index (κ2) is 9.61. The highest BCUT2D eigenvalue weighted by molar-refractivity contribution is 6.10. The molecule has 2 N–H and O–H groups in total. The van der Waals surface area contributed by atoms with Gasteiger partial charge in [-0.15, -0.1) is 0 Å². The molecule has 0 fully saturated rings. The van der Waals surface area contributed by atoms with Crippen molar-refractivity contribution in [2.24, 2.45) is 12.0 Å². The first-order valence-corrected chi connectivity index (χ1v) is 11.3. The molecule has 1 heterocycles. The van der Waals surface area contributed by atoms with Crippen molar-refractivity contribution in [3.63, 3.8) is 0 Å². The Morgan fingerprint density at radius 2 is 1.70 bits per heavy atom. The second-order valence-electron chi connectivity index (χ2n) is 9.59. The lowest BCUT2D eigenvalue weighted by Crippen LogP contribution is -2.36. The Bertz CT molecular complexity index is 1180. The number of aromatic nitrogens is 2. The highest BCUT2D eigenvalue weighted by atomic mass is 16.1. The van der Waals surface area contributed by atoms with Crippen LogP contribution >= 0.6 is 0 Å². The summed E-state index contributed by atoms with van der Waals surface area (Å²) in [7, 11) is 1.92. The van der Waals surface area contributed by atoms with Gasteiger partial charge in [-0.3, -0.25) is 14.8 Å². The number of amides is 1. The molecule has 1 amide bonds. The molecule has 33 heavy (non-hydrogen) atoms. The fourth-order valence-corrected chi connectivity index (χ4v) is 3.63. The Hall–Kier alpha value is -3.41. The van der Waals surface area contributed by atoms with E-state index < -0.39 is 0 Å². The van der Waals surface area contributed by atoms with Crippen molar-refractivity contribution < 1.29 is 4.79 Å². The van der Waals surface area contributed by atoms with Crippen LogP contribution in [0.25, 0.3) is 0 Å². The maximum Gasteiger partial charge on any atom is 0.257 e. The third-order valence-electron chi connectivity index (χ3n) is 6.16. The van der Waals surface area contributed by atoms with Crippen LogP contribution in [0.3, 0.4) is 0 Å². The first kappa shape index (κ1) is 24.2. The van der Waals surface area contributed by atoms with Crippen molar-refractivity contribution in [3.05, 3.63) is 81.7 Å². The number of hydrogen-bond acceptors (Lipinski definition) is 3. The molecule has 0 radical (unpaired) electrons. The molecule has 0 aliphatic heterocycles. The molecular weight excluding hydrogens is 410 g/mol. The molecule has 0 spiro atoms. The summed E-state index contributed by atoms with van der Waals surface area (Å²) in [6.45, 7) is 15.0. The Kier molecular flexibility index (Phi) is 7.06. The van der Waals surface area contributed by atoms with Crippen molar-refractivity contribution in [1.29, 1.82) is 0 Å². The van der Waals surface area contributed by atoms with Gasteiger partial charge >= 0.3 is 0 Å². The van der Waals surface area contributed by atoms with Gasteiger partial charge in [0.1, 0.15) is 0 Å². The van der Waals surface area contributed by atoms with Crippen molar-refractivity contribution in [2.45, 2.75) is 60.4 Å². The maximum absolute atomic E-state index is 13.1. The summed E-state index contributed by atoms with van der Waals surface area (Å²) in [6, 6.07) is 13.8. The van der Waals surface area contributed by atoms with E-state index in [4.69, 9.17) is 4.99 Å². The van der Waals surface area contributed by atoms with E-state index in [0.717, 1.165) is 28.2 Å². The van der Waals surface area contributed by atoms with Crippen molar-refractivity contribution in [3.8, 4) is 0 Å². The number of guanidine groups is 1. The van der Waals surface area contributed by atoms with E-state index in [1.165, 1.54) is 11.1 Å². The predicted molar refractivity (Wildman–Crippen MR) is 136 cm³/mol. The van der Waals surface area contributed by atoms with Gasteiger partial charge in [-0.05, 0) is 68.0 Å². The molecule has 6 heteroatoms. The zero-order chi connectivity index (χ0) is 24.3. The van der Waals surface area contributed by atoms with Crippen LogP contribution in [0.4, 0.5) is 5.69 Å². The molecule has 174 valence electrons. The predicted octanol–water partition coefficient (Wildman–Crippen LogP) is 5.35. The van der Waals surface area contributed by atoms with Crippen LogP contribution < -0.4 is 10.6 Å². The number of nitrogens with zero attached hydrogens (tertiary/aromatic N) is 3. The molecule has 1 aromatic heterocycles. The van der Waals surface area contributed by atoms with E-state index in [0.29, 0.717) is 18.1 Å². The Morgan fingerprint density at radius 1 is 1.03 bits per heavy atom. The number of aryl methyl sites for hydroxylation is 3. The Labute approximate surface area is 197 Å². The fraction of sp³-hybridized carbons (Fsp3) is 0.370. The van der Waals surface area contributed by atoms with Crippen LogP contribution in [0.1, 0.15) is 64.8 Å². The molecule has 3 aromatic rings. The first-order chi connectivity index (χ1) is 15.5. The number of rotatable bonds is 4. The van der Waals surface area contributed by atoms with E-state index in [-0.39, 0.29) is 11.3 Å². The summed E-state index contributed by atoms with van der Waals surface area (Å²) < 4.78 is 1.85. The largest absolute Gasteiger partial charge is 0.326 e. The van der Waals surface area contributed by atoms with Gasteiger partial charge in [0.05, 0.1) is 12.2 Å². The molecule has 0 atom stereocenters. The number of hydrogen-bond donors (Lipinski definition) is 2. The average Bonchev–Trinajstić information content (AvgIpc) is 3.00. The average molecular weight is 446 g/mol. The van der Waals surface area contributed by atoms with E-state index in [1.807, 2.05) is 62.0 Å². The zero-order valence-electron chi connectivity index (χ0n) is 21.0. The van der Waals surface area contributed by atoms with Crippen molar-refractivity contribution >= 4 is 17.6 Å². The third-order valence-corrected chi connectivity index (χ3v) is 6.16. The molecule has 0 aliphatic carbocycles. The van der Waals surface area contributed by atoms with Gasteiger partial charge in [-0.1, -0.05) is 45.0 Å². The lowest BCUT2D eigenvalue weighted by atomic mass is 9.87. The van der Waals surface area contributed by atoms with Crippen molar-refractivity contribution in [2.75, 3.05) is 5.32 Å². The van der Waals surface area contributed by atoms with E-state index in [9.17, 15) is 4.79 Å². The van der Waals surface area contributed by atoms with Gasteiger partial charge in [0.15, 0.2) is 0 Å². The smallest absolute Gasteiger partial charge is 0.257 e. The van der Waals surface area contributed by atoms with Gasteiger partial charge in [0, 0.05) is 29.6 Å². The molecule has 0 unspecified atom stereocenters. The minimum Gasteiger partial charge on any atom is -0.326 e. The van der Waals surface area contributed by atoms with Gasteiger partial charge in [-0.2, -0.15) is 5.10 Å². The number of carbonyl (C=O) groups excluding carboxylic acids is 1. The fourth-order valence-electron chi connectivity index (χ4n) is 3.63. The number of carbonyl (C=O) groups is 1. The molecule has 6 nitrogen and oxygen atoms in total. The lowest BCUT2D eigenvalue weighted by Gasteiger charge is -2.19. The summed E-state index contributed by atoms with van der Waals surface area (Å²) in [5, 5.41) is 10.8. The monoisotopic (exact) mass is 445 g/mol. The van der Waals surface area contributed by atoms with E-state index in [2.05, 4.69) is 56.4 Å². The Balaban J connectivity index is 1.89. The number of benzene rings is 2. The van der Waals surface area contributed by atoms with Gasteiger partial charge in [0.2, 0.25) is 5.96 Å². The summed E-state index contributed by atoms with van der Waals surface area (Å²) in [6.07, 6.45) is 0. The standard InChI is InChI=1S/C27H35N5O/c1-17-10-9-11-24(18(17)2)29-26(28-16-23-19(3)31-32(8)20(23)4)30-25(33)21-12-14-22(15-13-21)27(5,6)7/h9-15H,16H2,1-8H3,(H2,28,29,30,33). The van der Waals surface area contributed by atoms with Crippen LogP contribution in [0.5, 0.6) is 0 Å². The summed E-state index contributed by atoms with van der Waals surface area (Å²) in [4.78, 5) is 17.8. The molecule has 0 saturated carbocycles. The zero-order valence-corrected chi connectivity index (χ0v) is 21.0. The SMILES string of the molecule is Cc1cccc(NC(=NCc2c(C)nn(C)c2C)NC(=O)c2ccc(C(C)(C)C)cc2)c1C. The minimum atomic E-state index is -0.202. The molecule has 0 aliphatic rings. The maximum atomic E-state index is 13.1.